The third kappa shape index (κ3) is 4.25. The molecule has 6 heteroatoms. The summed E-state index contributed by atoms with van der Waals surface area (Å²) in [7, 11) is 2.11. The molecule has 19 heavy (non-hydrogen) atoms. The van der Waals surface area contributed by atoms with Crippen molar-refractivity contribution in [1.29, 1.82) is 0 Å². The Bertz CT molecular complexity index is 432. The van der Waals surface area contributed by atoms with Crippen LogP contribution in [-0.2, 0) is 0 Å². The van der Waals surface area contributed by atoms with Gasteiger partial charge in [0.15, 0.2) is 0 Å². The number of amides is 1. The summed E-state index contributed by atoms with van der Waals surface area (Å²) in [5.41, 5.74) is 0.123. The van der Waals surface area contributed by atoms with Gasteiger partial charge in [-0.05, 0) is 19.2 Å². The Balaban J connectivity index is 1.72. The topological polar surface area (TPSA) is 48.5 Å². The van der Waals surface area contributed by atoms with Crippen LogP contribution >= 0.6 is 0 Å². The fraction of sp³-hybridized carbons (Fsp3) is 0.538. The van der Waals surface area contributed by atoms with Crippen LogP contribution in [0.25, 0.3) is 0 Å². The molecule has 1 aromatic heterocycles. The van der Waals surface area contributed by atoms with Gasteiger partial charge >= 0.3 is 0 Å². The Morgan fingerprint density at radius 3 is 2.79 bits per heavy atom. The molecule has 1 aliphatic heterocycles. The van der Waals surface area contributed by atoms with Gasteiger partial charge in [-0.2, -0.15) is 4.39 Å². The number of likely N-dealkylation sites (N-methyl/N-ethyl adjacent to an activating group) is 1. The van der Waals surface area contributed by atoms with Crippen LogP contribution < -0.4 is 5.32 Å². The van der Waals surface area contributed by atoms with E-state index in [4.69, 9.17) is 0 Å². The van der Waals surface area contributed by atoms with Crippen LogP contribution in [0.4, 0.5) is 4.39 Å². The zero-order valence-corrected chi connectivity index (χ0v) is 11.1. The van der Waals surface area contributed by atoms with Crippen molar-refractivity contribution in [2.24, 2.45) is 0 Å². The number of aromatic nitrogens is 1. The molecule has 0 radical (unpaired) electrons. The monoisotopic (exact) mass is 266 g/mol. The molecule has 0 saturated carbocycles. The Morgan fingerprint density at radius 2 is 2.11 bits per heavy atom. The van der Waals surface area contributed by atoms with E-state index in [1.54, 1.807) is 0 Å². The average Bonchev–Trinajstić information content (AvgIpc) is 2.41. The molecule has 104 valence electrons. The number of nitrogens with zero attached hydrogens (tertiary/aromatic N) is 3. The molecule has 1 N–H and O–H groups in total. The van der Waals surface area contributed by atoms with Gasteiger partial charge in [0.25, 0.3) is 5.91 Å². The zero-order valence-electron chi connectivity index (χ0n) is 11.1. The van der Waals surface area contributed by atoms with E-state index in [9.17, 15) is 9.18 Å². The number of piperazine rings is 1. The van der Waals surface area contributed by atoms with Crippen molar-refractivity contribution in [1.82, 2.24) is 20.1 Å². The van der Waals surface area contributed by atoms with E-state index in [0.29, 0.717) is 6.54 Å². The summed E-state index contributed by atoms with van der Waals surface area (Å²) in [6.45, 7) is 5.52. The molecule has 1 amide bonds. The van der Waals surface area contributed by atoms with Crippen molar-refractivity contribution >= 4 is 5.91 Å². The van der Waals surface area contributed by atoms with Gasteiger partial charge in [0.2, 0.25) is 5.95 Å². The number of hydrogen-bond donors (Lipinski definition) is 1. The number of nitrogens with one attached hydrogen (secondary N) is 1. The summed E-state index contributed by atoms with van der Waals surface area (Å²) in [5, 5.41) is 2.76. The summed E-state index contributed by atoms with van der Waals surface area (Å²) in [5.74, 6) is -0.958. The van der Waals surface area contributed by atoms with E-state index in [1.807, 2.05) is 0 Å². The fourth-order valence-corrected chi connectivity index (χ4v) is 2.02. The summed E-state index contributed by atoms with van der Waals surface area (Å²) in [6.07, 6.45) is 0. The first-order valence-electron chi connectivity index (χ1n) is 6.47. The van der Waals surface area contributed by atoms with Crippen molar-refractivity contribution in [3.63, 3.8) is 0 Å². The fourth-order valence-electron chi connectivity index (χ4n) is 2.02. The number of hydrogen-bond acceptors (Lipinski definition) is 4. The first kappa shape index (κ1) is 13.9. The molecule has 5 nitrogen and oxygen atoms in total. The number of halogens is 1. The summed E-state index contributed by atoms with van der Waals surface area (Å²) in [4.78, 5) is 19.9. The van der Waals surface area contributed by atoms with Gasteiger partial charge < -0.3 is 10.2 Å². The van der Waals surface area contributed by atoms with E-state index in [1.165, 1.54) is 18.2 Å². The highest BCUT2D eigenvalue weighted by Crippen LogP contribution is 1.99. The highest BCUT2D eigenvalue weighted by Gasteiger charge is 2.14. The second-order valence-electron chi connectivity index (χ2n) is 4.75. The van der Waals surface area contributed by atoms with Gasteiger partial charge in [-0.25, -0.2) is 4.98 Å². The van der Waals surface area contributed by atoms with E-state index < -0.39 is 5.95 Å². The van der Waals surface area contributed by atoms with Crippen molar-refractivity contribution in [2.45, 2.75) is 0 Å². The molecule has 1 fully saturated rings. The van der Waals surface area contributed by atoms with E-state index in [-0.39, 0.29) is 11.6 Å². The van der Waals surface area contributed by atoms with Crippen LogP contribution in [0.2, 0.25) is 0 Å². The number of carbonyl (C=O) groups excluding carboxylic acids is 1. The van der Waals surface area contributed by atoms with E-state index in [0.717, 1.165) is 32.7 Å². The molecule has 0 bridgehead atoms. The third-order valence-corrected chi connectivity index (χ3v) is 3.26. The minimum absolute atomic E-state index is 0.123. The lowest BCUT2D eigenvalue weighted by Crippen LogP contribution is -2.46. The zero-order chi connectivity index (χ0) is 13.7. The van der Waals surface area contributed by atoms with Crippen LogP contribution in [0.15, 0.2) is 18.2 Å². The molecule has 0 spiro atoms. The molecule has 1 aliphatic rings. The second kappa shape index (κ2) is 6.58. The van der Waals surface area contributed by atoms with Gasteiger partial charge in [0.05, 0.1) is 0 Å². The molecule has 0 unspecified atom stereocenters. The second-order valence-corrected chi connectivity index (χ2v) is 4.75. The SMILES string of the molecule is CN1CCN(CCNC(=O)c2cccc(F)n2)CC1. The third-order valence-electron chi connectivity index (χ3n) is 3.26. The average molecular weight is 266 g/mol. The molecule has 1 saturated heterocycles. The Labute approximate surface area is 112 Å². The number of carbonyl (C=O) groups is 1. The summed E-state index contributed by atoms with van der Waals surface area (Å²) in [6, 6.07) is 4.22. The van der Waals surface area contributed by atoms with Gasteiger partial charge in [-0.1, -0.05) is 6.07 Å². The molecular formula is C13H19FN4O. The Morgan fingerprint density at radius 1 is 1.37 bits per heavy atom. The van der Waals surface area contributed by atoms with Crippen LogP contribution in [0.5, 0.6) is 0 Å². The molecule has 0 aromatic carbocycles. The molecule has 2 heterocycles. The van der Waals surface area contributed by atoms with Crippen molar-refractivity contribution in [3.05, 3.63) is 29.8 Å². The normalized spacial score (nSPS) is 17.4. The van der Waals surface area contributed by atoms with Crippen LogP contribution in [-0.4, -0.2) is 67.0 Å². The van der Waals surface area contributed by atoms with Gasteiger partial charge in [-0.15, -0.1) is 0 Å². The van der Waals surface area contributed by atoms with Crippen molar-refractivity contribution in [2.75, 3.05) is 46.3 Å². The lowest BCUT2D eigenvalue weighted by atomic mass is 10.3. The van der Waals surface area contributed by atoms with E-state index >= 15 is 0 Å². The molecule has 0 atom stereocenters. The van der Waals surface area contributed by atoms with Gasteiger partial charge in [-0.3, -0.25) is 9.69 Å². The van der Waals surface area contributed by atoms with Gasteiger partial charge in [0.1, 0.15) is 5.69 Å². The maximum Gasteiger partial charge on any atom is 0.270 e. The van der Waals surface area contributed by atoms with Crippen molar-refractivity contribution < 1.29 is 9.18 Å². The first-order valence-corrected chi connectivity index (χ1v) is 6.47. The van der Waals surface area contributed by atoms with Crippen LogP contribution in [0.3, 0.4) is 0 Å². The minimum atomic E-state index is -0.633. The maximum atomic E-state index is 12.9. The van der Waals surface area contributed by atoms with E-state index in [2.05, 4.69) is 27.1 Å². The van der Waals surface area contributed by atoms with Crippen LogP contribution in [0.1, 0.15) is 10.5 Å². The smallest absolute Gasteiger partial charge is 0.270 e. The largest absolute Gasteiger partial charge is 0.349 e. The summed E-state index contributed by atoms with van der Waals surface area (Å²) < 4.78 is 12.9. The first-order chi connectivity index (χ1) is 9.15. The van der Waals surface area contributed by atoms with Crippen LogP contribution in [0, 0.1) is 5.95 Å². The molecular weight excluding hydrogens is 247 g/mol. The number of rotatable bonds is 4. The molecule has 0 aliphatic carbocycles. The minimum Gasteiger partial charge on any atom is -0.349 e. The Kier molecular flexibility index (Phi) is 4.81. The highest BCUT2D eigenvalue weighted by atomic mass is 19.1. The van der Waals surface area contributed by atoms with Gasteiger partial charge in [0, 0.05) is 39.3 Å². The predicted molar refractivity (Wildman–Crippen MR) is 70.5 cm³/mol. The standard InChI is InChI=1S/C13H19FN4O/c1-17-7-9-18(10-8-17)6-5-15-13(19)11-3-2-4-12(14)16-11/h2-4H,5-10H2,1H3,(H,15,19). The van der Waals surface area contributed by atoms with Crippen molar-refractivity contribution in [3.8, 4) is 0 Å². The highest BCUT2D eigenvalue weighted by molar-refractivity contribution is 5.92. The quantitative estimate of drug-likeness (QED) is 0.791. The predicted octanol–water partition coefficient (Wildman–Crippen LogP) is 0.198. The summed E-state index contributed by atoms with van der Waals surface area (Å²) >= 11 is 0. The lowest BCUT2D eigenvalue weighted by Gasteiger charge is -2.32. The lowest BCUT2D eigenvalue weighted by molar-refractivity contribution is 0.0935. The maximum absolute atomic E-state index is 12.9. The molecule has 1 aromatic rings. The number of pyridine rings is 1. The molecule has 2 rings (SSSR count). The Hall–Kier alpha value is -1.53.